The number of rotatable bonds is 3. The lowest BCUT2D eigenvalue weighted by Gasteiger charge is -2.42. The van der Waals surface area contributed by atoms with Crippen molar-refractivity contribution in [2.75, 3.05) is 18.0 Å². The number of carbonyl (C=O) groups is 2. The van der Waals surface area contributed by atoms with Crippen molar-refractivity contribution < 1.29 is 9.59 Å². The van der Waals surface area contributed by atoms with E-state index in [1.165, 1.54) is 5.57 Å². The highest BCUT2D eigenvalue weighted by Crippen LogP contribution is 2.42. The Morgan fingerprint density at radius 1 is 1.11 bits per heavy atom. The number of aryl methyl sites for hydroxylation is 1. The second-order valence-electron chi connectivity index (χ2n) is 7.78. The fraction of sp³-hybridized carbons (Fsp3) is 0.391. The van der Waals surface area contributed by atoms with E-state index in [0.29, 0.717) is 12.8 Å². The highest BCUT2D eigenvalue weighted by atomic mass is 32.1. The van der Waals surface area contributed by atoms with E-state index in [-0.39, 0.29) is 23.8 Å². The summed E-state index contributed by atoms with van der Waals surface area (Å²) in [7, 11) is 0. The second kappa shape index (κ2) is 7.92. The summed E-state index contributed by atoms with van der Waals surface area (Å²) < 4.78 is 0. The minimum atomic E-state index is -0.235. The van der Waals surface area contributed by atoms with Gasteiger partial charge < -0.3 is 9.80 Å². The largest absolute Gasteiger partial charge is 0.342 e. The van der Waals surface area contributed by atoms with Gasteiger partial charge in [0, 0.05) is 30.1 Å². The number of carbonyl (C=O) groups excluding carboxylic acids is 2. The molecule has 2 fully saturated rings. The third-order valence-electron chi connectivity index (χ3n) is 5.84. The van der Waals surface area contributed by atoms with Crippen LogP contribution in [0.3, 0.4) is 0 Å². The van der Waals surface area contributed by atoms with Crippen LogP contribution >= 0.6 is 11.3 Å². The molecule has 28 heavy (non-hydrogen) atoms. The summed E-state index contributed by atoms with van der Waals surface area (Å²) in [5, 5.41) is 2.02. The molecular formula is C23H26N2O2S. The number of piperidine rings is 2. The molecule has 0 saturated carbocycles. The van der Waals surface area contributed by atoms with Crippen molar-refractivity contribution in [3.63, 3.8) is 0 Å². The van der Waals surface area contributed by atoms with Crippen LogP contribution in [0.1, 0.15) is 42.2 Å². The van der Waals surface area contributed by atoms with Gasteiger partial charge in [0.1, 0.15) is 0 Å². The van der Waals surface area contributed by atoms with Crippen molar-refractivity contribution in [2.24, 2.45) is 5.92 Å². The van der Waals surface area contributed by atoms with Crippen molar-refractivity contribution in [1.29, 1.82) is 0 Å². The Kier molecular flexibility index (Phi) is 5.36. The molecule has 0 N–H and O–H groups in total. The molecule has 0 radical (unpaired) electrons. The van der Waals surface area contributed by atoms with Crippen LogP contribution in [0.4, 0.5) is 5.69 Å². The number of likely N-dealkylation sites (tertiary alicyclic amines) is 1. The lowest BCUT2D eigenvalue weighted by Crippen LogP contribution is -2.50. The number of anilines is 1. The van der Waals surface area contributed by atoms with E-state index in [0.717, 1.165) is 42.1 Å². The Morgan fingerprint density at radius 2 is 1.82 bits per heavy atom. The quantitative estimate of drug-likeness (QED) is 0.707. The molecule has 4 nitrogen and oxygen atoms in total. The van der Waals surface area contributed by atoms with Gasteiger partial charge in [-0.2, -0.15) is 0 Å². The van der Waals surface area contributed by atoms with Gasteiger partial charge in [-0.3, -0.25) is 9.59 Å². The van der Waals surface area contributed by atoms with Crippen LogP contribution in [0.15, 0.2) is 53.9 Å². The maximum Gasteiger partial charge on any atom is 0.228 e. The van der Waals surface area contributed by atoms with E-state index in [4.69, 9.17) is 0 Å². The lowest BCUT2D eigenvalue weighted by molar-refractivity contribution is -0.138. The van der Waals surface area contributed by atoms with Crippen LogP contribution in [0.2, 0.25) is 0 Å². The van der Waals surface area contributed by atoms with Crippen molar-refractivity contribution in [2.45, 2.75) is 38.6 Å². The summed E-state index contributed by atoms with van der Waals surface area (Å²) in [6.07, 6.45) is 2.78. The van der Waals surface area contributed by atoms with Crippen molar-refractivity contribution >= 4 is 28.8 Å². The minimum absolute atomic E-state index is 0.0957. The Morgan fingerprint density at radius 3 is 2.46 bits per heavy atom. The molecule has 2 aliphatic heterocycles. The van der Waals surface area contributed by atoms with Crippen LogP contribution in [-0.2, 0) is 9.59 Å². The normalized spacial score (nSPS) is 23.2. The van der Waals surface area contributed by atoms with Crippen molar-refractivity contribution in [1.82, 2.24) is 4.90 Å². The molecule has 2 aromatic rings. The molecule has 5 heteroatoms. The molecule has 0 bridgehead atoms. The fourth-order valence-electron chi connectivity index (χ4n) is 4.22. The van der Waals surface area contributed by atoms with E-state index in [9.17, 15) is 9.59 Å². The monoisotopic (exact) mass is 394 g/mol. The Bertz CT molecular complexity index is 863. The zero-order valence-corrected chi connectivity index (χ0v) is 17.1. The molecule has 2 unspecified atom stereocenters. The molecule has 2 amide bonds. The smallest absolute Gasteiger partial charge is 0.228 e. The summed E-state index contributed by atoms with van der Waals surface area (Å²) in [6, 6.07) is 11.8. The molecule has 146 valence electrons. The first kappa shape index (κ1) is 18.9. The fourth-order valence-corrected chi connectivity index (χ4v) is 5.10. The first-order valence-corrected chi connectivity index (χ1v) is 10.8. The van der Waals surface area contributed by atoms with Crippen LogP contribution < -0.4 is 4.90 Å². The highest BCUT2D eigenvalue weighted by Gasteiger charge is 2.43. The Labute approximate surface area is 170 Å². The molecule has 2 aliphatic rings. The maximum atomic E-state index is 13.5. The van der Waals surface area contributed by atoms with Gasteiger partial charge in [0.25, 0.3) is 0 Å². The zero-order chi connectivity index (χ0) is 19.7. The summed E-state index contributed by atoms with van der Waals surface area (Å²) >= 11 is 1.62. The number of amides is 2. The molecule has 3 heterocycles. The van der Waals surface area contributed by atoms with E-state index < -0.39 is 0 Å². The van der Waals surface area contributed by atoms with E-state index in [1.807, 2.05) is 58.5 Å². The van der Waals surface area contributed by atoms with E-state index >= 15 is 0 Å². The number of thiophene rings is 1. The van der Waals surface area contributed by atoms with Crippen LogP contribution in [0.5, 0.6) is 0 Å². The first-order valence-electron chi connectivity index (χ1n) is 9.92. The predicted octanol–water partition coefficient (Wildman–Crippen LogP) is 4.72. The number of hydrogen-bond acceptors (Lipinski definition) is 3. The van der Waals surface area contributed by atoms with Crippen LogP contribution in [0, 0.1) is 12.8 Å². The molecule has 1 aromatic heterocycles. The number of hydrogen-bond donors (Lipinski definition) is 0. The number of nitrogens with zero attached hydrogens (tertiary/aromatic N) is 2. The van der Waals surface area contributed by atoms with Gasteiger partial charge in [0.2, 0.25) is 11.8 Å². The average Bonchev–Trinajstić information content (AvgIpc) is 3.23. The third kappa shape index (κ3) is 3.63. The van der Waals surface area contributed by atoms with Crippen molar-refractivity contribution in [3.05, 3.63) is 64.4 Å². The van der Waals surface area contributed by atoms with Gasteiger partial charge in [-0.1, -0.05) is 35.9 Å². The van der Waals surface area contributed by atoms with Crippen LogP contribution in [0.25, 0.3) is 0 Å². The van der Waals surface area contributed by atoms with Crippen molar-refractivity contribution in [3.8, 4) is 0 Å². The molecule has 0 aliphatic carbocycles. The van der Waals surface area contributed by atoms with Gasteiger partial charge in [0.05, 0.1) is 12.0 Å². The standard InChI is InChI=1S/C23H26N2O2S/c1-16-5-7-18(8-6-16)25-21(26)10-9-19(22(25)20-4-3-15-28-20)23(27)24-13-11-17(2)12-14-24/h3-8,15,19,22H,2,9-14H2,1H3. The van der Waals surface area contributed by atoms with Gasteiger partial charge >= 0.3 is 0 Å². The summed E-state index contributed by atoms with van der Waals surface area (Å²) in [5.74, 6) is 0.0675. The predicted molar refractivity (Wildman–Crippen MR) is 113 cm³/mol. The third-order valence-corrected chi connectivity index (χ3v) is 6.79. The molecule has 4 rings (SSSR count). The topological polar surface area (TPSA) is 40.6 Å². The SMILES string of the molecule is C=C1CCN(C(=O)C2CCC(=O)N(c3ccc(C)cc3)C2c2cccs2)CC1. The summed E-state index contributed by atoms with van der Waals surface area (Å²) in [5.41, 5.74) is 3.25. The Hall–Kier alpha value is -2.40. The minimum Gasteiger partial charge on any atom is -0.342 e. The highest BCUT2D eigenvalue weighted by molar-refractivity contribution is 7.10. The molecular weight excluding hydrogens is 368 g/mol. The summed E-state index contributed by atoms with van der Waals surface area (Å²) in [6.45, 7) is 7.57. The molecule has 2 atom stereocenters. The Balaban J connectivity index is 1.69. The lowest BCUT2D eigenvalue weighted by atomic mass is 9.85. The second-order valence-corrected chi connectivity index (χ2v) is 8.76. The number of benzene rings is 1. The molecule has 0 spiro atoms. The van der Waals surface area contributed by atoms with Crippen LogP contribution in [-0.4, -0.2) is 29.8 Å². The maximum absolute atomic E-state index is 13.5. The van der Waals surface area contributed by atoms with Gasteiger partial charge in [-0.05, 0) is 49.8 Å². The summed E-state index contributed by atoms with van der Waals surface area (Å²) in [4.78, 5) is 31.3. The van der Waals surface area contributed by atoms with Gasteiger partial charge in [0.15, 0.2) is 0 Å². The molecule has 2 saturated heterocycles. The molecule has 1 aromatic carbocycles. The average molecular weight is 395 g/mol. The van der Waals surface area contributed by atoms with Gasteiger partial charge in [-0.25, -0.2) is 0 Å². The van der Waals surface area contributed by atoms with E-state index in [2.05, 4.69) is 6.58 Å². The first-order chi connectivity index (χ1) is 13.5. The zero-order valence-electron chi connectivity index (χ0n) is 16.3. The van der Waals surface area contributed by atoms with Gasteiger partial charge in [-0.15, -0.1) is 11.3 Å². The van der Waals surface area contributed by atoms with E-state index in [1.54, 1.807) is 11.3 Å².